The molecule has 2 fully saturated rings. The van der Waals surface area contributed by atoms with Crippen molar-refractivity contribution in [3.8, 4) is 0 Å². The van der Waals surface area contributed by atoms with E-state index in [4.69, 9.17) is 0 Å². The zero-order valence-corrected chi connectivity index (χ0v) is 8.59. The standard InChI is InChI=1S/C12H20O/c1-2-3-6-12(9-13)8-10-4-5-11(12)7-10/h9-11H,2-8H2,1H3. The van der Waals surface area contributed by atoms with E-state index in [9.17, 15) is 4.79 Å². The highest BCUT2D eigenvalue weighted by Gasteiger charge is 2.50. The summed E-state index contributed by atoms with van der Waals surface area (Å²) in [7, 11) is 0. The zero-order chi connectivity index (χ0) is 9.31. The van der Waals surface area contributed by atoms with Gasteiger partial charge in [-0.1, -0.05) is 26.2 Å². The highest BCUT2D eigenvalue weighted by molar-refractivity contribution is 5.61. The topological polar surface area (TPSA) is 17.1 Å². The smallest absolute Gasteiger partial charge is 0.126 e. The maximum atomic E-state index is 11.2. The van der Waals surface area contributed by atoms with E-state index in [0.717, 1.165) is 18.3 Å². The van der Waals surface area contributed by atoms with Crippen LogP contribution in [0, 0.1) is 17.3 Å². The van der Waals surface area contributed by atoms with Crippen LogP contribution in [0.1, 0.15) is 51.9 Å². The third-order valence-corrected chi connectivity index (χ3v) is 4.25. The van der Waals surface area contributed by atoms with Gasteiger partial charge in [0, 0.05) is 5.41 Å². The predicted molar refractivity (Wildman–Crippen MR) is 53.5 cm³/mol. The Kier molecular flexibility index (Phi) is 2.44. The van der Waals surface area contributed by atoms with Gasteiger partial charge in [0.1, 0.15) is 6.29 Å². The molecule has 3 atom stereocenters. The van der Waals surface area contributed by atoms with Crippen LogP contribution in [0.15, 0.2) is 0 Å². The molecular formula is C12H20O. The average molecular weight is 180 g/mol. The first-order valence-electron chi connectivity index (χ1n) is 5.77. The predicted octanol–water partition coefficient (Wildman–Crippen LogP) is 3.18. The van der Waals surface area contributed by atoms with Crippen LogP contribution in [-0.4, -0.2) is 6.29 Å². The summed E-state index contributed by atoms with van der Waals surface area (Å²) in [5.41, 5.74) is 0.124. The maximum absolute atomic E-state index is 11.2. The molecule has 0 N–H and O–H groups in total. The molecule has 3 unspecified atom stereocenters. The number of unbranched alkanes of at least 4 members (excludes halogenated alkanes) is 1. The lowest BCUT2D eigenvalue weighted by atomic mass is 9.71. The van der Waals surface area contributed by atoms with Crippen molar-refractivity contribution in [2.75, 3.05) is 0 Å². The number of carbonyl (C=O) groups is 1. The Balaban J connectivity index is 2.03. The molecule has 0 aromatic rings. The number of hydrogen-bond acceptors (Lipinski definition) is 1. The molecule has 2 aliphatic rings. The second kappa shape index (κ2) is 3.43. The molecule has 74 valence electrons. The minimum absolute atomic E-state index is 0.124. The molecule has 13 heavy (non-hydrogen) atoms. The number of aldehydes is 1. The highest BCUT2D eigenvalue weighted by Crippen LogP contribution is 2.56. The largest absolute Gasteiger partial charge is 0.303 e. The summed E-state index contributed by atoms with van der Waals surface area (Å²) in [5.74, 6) is 1.65. The van der Waals surface area contributed by atoms with Crippen molar-refractivity contribution in [1.29, 1.82) is 0 Å². The molecular weight excluding hydrogens is 160 g/mol. The molecule has 2 aliphatic carbocycles. The number of rotatable bonds is 4. The van der Waals surface area contributed by atoms with Gasteiger partial charge in [0.2, 0.25) is 0 Å². The molecule has 2 rings (SSSR count). The van der Waals surface area contributed by atoms with Gasteiger partial charge in [-0.25, -0.2) is 0 Å². The Bertz CT molecular complexity index is 199. The second-order valence-electron chi connectivity index (χ2n) is 5.03. The van der Waals surface area contributed by atoms with Crippen LogP contribution in [0.4, 0.5) is 0 Å². The molecule has 0 aromatic heterocycles. The number of fused-ring (bicyclic) bond motifs is 2. The van der Waals surface area contributed by atoms with Crippen LogP contribution in [0.25, 0.3) is 0 Å². The fourth-order valence-electron chi connectivity index (χ4n) is 3.50. The second-order valence-corrected chi connectivity index (χ2v) is 5.03. The van der Waals surface area contributed by atoms with Gasteiger partial charge in [0.15, 0.2) is 0 Å². The summed E-state index contributed by atoms with van der Waals surface area (Å²) in [4.78, 5) is 11.2. The van der Waals surface area contributed by atoms with Gasteiger partial charge in [0.25, 0.3) is 0 Å². The molecule has 0 spiro atoms. The van der Waals surface area contributed by atoms with Gasteiger partial charge in [-0.15, -0.1) is 0 Å². The maximum Gasteiger partial charge on any atom is 0.126 e. The summed E-state index contributed by atoms with van der Waals surface area (Å²) in [6.07, 6.45) is 10.2. The van der Waals surface area contributed by atoms with E-state index >= 15 is 0 Å². The lowest BCUT2D eigenvalue weighted by Crippen LogP contribution is -2.29. The average Bonchev–Trinajstić information content (AvgIpc) is 2.74. The summed E-state index contributed by atoms with van der Waals surface area (Å²) in [6, 6.07) is 0. The van der Waals surface area contributed by atoms with Crippen molar-refractivity contribution in [2.45, 2.75) is 51.9 Å². The number of carbonyl (C=O) groups excluding carboxylic acids is 1. The Morgan fingerprint density at radius 1 is 1.46 bits per heavy atom. The monoisotopic (exact) mass is 180 g/mol. The van der Waals surface area contributed by atoms with E-state index in [1.165, 1.54) is 44.8 Å². The van der Waals surface area contributed by atoms with E-state index in [2.05, 4.69) is 6.92 Å². The molecule has 2 saturated carbocycles. The molecule has 0 amide bonds. The van der Waals surface area contributed by atoms with Gasteiger partial charge in [-0.2, -0.15) is 0 Å². The van der Waals surface area contributed by atoms with Gasteiger partial charge >= 0.3 is 0 Å². The van der Waals surface area contributed by atoms with Gasteiger partial charge in [0.05, 0.1) is 0 Å². The zero-order valence-electron chi connectivity index (χ0n) is 8.59. The van der Waals surface area contributed by atoms with Gasteiger partial charge in [-0.05, 0) is 37.5 Å². The lowest BCUT2D eigenvalue weighted by molar-refractivity contribution is -0.119. The normalized spacial score (nSPS) is 42.5. The summed E-state index contributed by atoms with van der Waals surface area (Å²) in [5, 5.41) is 0. The van der Waals surface area contributed by atoms with Crippen LogP contribution in [0.3, 0.4) is 0 Å². The first kappa shape index (κ1) is 9.23. The Morgan fingerprint density at radius 3 is 2.77 bits per heavy atom. The van der Waals surface area contributed by atoms with Crippen molar-refractivity contribution in [3.63, 3.8) is 0 Å². The fourth-order valence-corrected chi connectivity index (χ4v) is 3.50. The molecule has 2 bridgehead atoms. The van der Waals surface area contributed by atoms with Crippen molar-refractivity contribution >= 4 is 6.29 Å². The van der Waals surface area contributed by atoms with E-state index in [-0.39, 0.29) is 5.41 Å². The molecule has 0 aromatic carbocycles. The van der Waals surface area contributed by atoms with Gasteiger partial charge in [-0.3, -0.25) is 0 Å². The summed E-state index contributed by atoms with van der Waals surface area (Å²) >= 11 is 0. The van der Waals surface area contributed by atoms with E-state index < -0.39 is 0 Å². The van der Waals surface area contributed by atoms with E-state index in [1.807, 2.05) is 0 Å². The van der Waals surface area contributed by atoms with Crippen LogP contribution in [0.5, 0.6) is 0 Å². The highest BCUT2D eigenvalue weighted by atomic mass is 16.1. The third-order valence-electron chi connectivity index (χ3n) is 4.25. The third kappa shape index (κ3) is 1.43. The van der Waals surface area contributed by atoms with Crippen LogP contribution in [-0.2, 0) is 4.79 Å². The van der Waals surface area contributed by atoms with Crippen LogP contribution < -0.4 is 0 Å². The number of hydrogen-bond donors (Lipinski definition) is 0. The quantitative estimate of drug-likeness (QED) is 0.607. The fraction of sp³-hybridized carbons (Fsp3) is 0.917. The van der Waals surface area contributed by atoms with Crippen molar-refractivity contribution in [1.82, 2.24) is 0 Å². The SMILES string of the molecule is CCCCC1(C=O)CC2CCC1C2. The first-order chi connectivity index (χ1) is 6.30. The summed E-state index contributed by atoms with van der Waals surface area (Å²) < 4.78 is 0. The molecule has 1 nitrogen and oxygen atoms in total. The Hall–Kier alpha value is -0.330. The van der Waals surface area contributed by atoms with Crippen LogP contribution >= 0.6 is 0 Å². The minimum atomic E-state index is 0.124. The van der Waals surface area contributed by atoms with Crippen LogP contribution in [0.2, 0.25) is 0 Å². The van der Waals surface area contributed by atoms with Crippen molar-refractivity contribution in [2.24, 2.45) is 17.3 Å². The molecule has 0 saturated heterocycles. The van der Waals surface area contributed by atoms with E-state index in [0.29, 0.717) is 0 Å². The Morgan fingerprint density at radius 2 is 2.31 bits per heavy atom. The molecule has 0 heterocycles. The van der Waals surface area contributed by atoms with E-state index in [1.54, 1.807) is 0 Å². The summed E-state index contributed by atoms with van der Waals surface area (Å²) in [6.45, 7) is 2.21. The molecule has 1 heteroatoms. The molecule has 0 aliphatic heterocycles. The van der Waals surface area contributed by atoms with Crippen molar-refractivity contribution < 1.29 is 4.79 Å². The Labute approximate surface area is 80.9 Å². The first-order valence-corrected chi connectivity index (χ1v) is 5.77. The molecule has 0 radical (unpaired) electrons. The lowest BCUT2D eigenvalue weighted by Gasteiger charge is -2.32. The minimum Gasteiger partial charge on any atom is -0.303 e. The van der Waals surface area contributed by atoms with Crippen molar-refractivity contribution in [3.05, 3.63) is 0 Å². The van der Waals surface area contributed by atoms with Gasteiger partial charge < -0.3 is 4.79 Å².